The number of carbonyl (C=O) groups excluding carboxylic acids is 2. The number of amides is 1. The summed E-state index contributed by atoms with van der Waals surface area (Å²) in [5, 5.41) is 0. The largest absolute Gasteiger partial charge is 0.459 e. The standard InChI is InChI=1S/C19H20N2O3/c1-2-14-6-8-17(9-7-14)21-12-15(11-18(21)22)19(23)24-13-16-5-3-4-10-20-16/h3-10,15H,2,11-13H2,1H3. The Kier molecular flexibility index (Phi) is 4.89. The summed E-state index contributed by atoms with van der Waals surface area (Å²) < 4.78 is 5.30. The van der Waals surface area contributed by atoms with Gasteiger partial charge in [0.1, 0.15) is 6.61 Å². The van der Waals surface area contributed by atoms with E-state index in [2.05, 4.69) is 11.9 Å². The van der Waals surface area contributed by atoms with Crippen LogP contribution in [0.2, 0.25) is 0 Å². The van der Waals surface area contributed by atoms with Gasteiger partial charge >= 0.3 is 5.97 Å². The van der Waals surface area contributed by atoms with E-state index in [4.69, 9.17) is 4.74 Å². The van der Waals surface area contributed by atoms with Crippen LogP contribution >= 0.6 is 0 Å². The van der Waals surface area contributed by atoms with Gasteiger partial charge < -0.3 is 9.64 Å². The second-order valence-electron chi connectivity index (χ2n) is 5.85. The molecule has 0 N–H and O–H groups in total. The zero-order chi connectivity index (χ0) is 16.9. The quantitative estimate of drug-likeness (QED) is 0.794. The van der Waals surface area contributed by atoms with Crippen molar-refractivity contribution >= 4 is 17.6 Å². The smallest absolute Gasteiger partial charge is 0.311 e. The first kappa shape index (κ1) is 16.2. The molecule has 5 nitrogen and oxygen atoms in total. The Balaban J connectivity index is 1.60. The predicted molar refractivity (Wildman–Crippen MR) is 90.3 cm³/mol. The third-order valence-electron chi connectivity index (χ3n) is 4.20. The molecule has 1 aromatic carbocycles. The number of esters is 1. The molecule has 2 heterocycles. The van der Waals surface area contributed by atoms with Gasteiger partial charge in [0.15, 0.2) is 0 Å². The molecule has 1 aliphatic heterocycles. The maximum absolute atomic E-state index is 12.2. The first-order valence-corrected chi connectivity index (χ1v) is 8.13. The minimum Gasteiger partial charge on any atom is -0.459 e. The van der Waals surface area contributed by atoms with Crippen molar-refractivity contribution in [3.8, 4) is 0 Å². The summed E-state index contributed by atoms with van der Waals surface area (Å²) in [6.45, 7) is 2.59. The number of carbonyl (C=O) groups is 2. The van der Waals surface area contributed by atoms with Gasteiger partial charge in [0, 0.05) is 24.8 Å². The second kappa shape index (κ2) is 7.25. The Labute approximate surface area is 141 Å². The molecule has 1 amide bonds. The molecule has 24 heavy (non-hydrogen) atoms. The number of pyridine rings is 1. The number of rotatable bonds is 5. The number of benzene rings is 1. The van der Waals surface area contributed by atoms with Crippen LogP contribution in [0.4, 0.5) is 5.69 Å². The van der Waals surface area contributed by atoms with Gasteiger partial charge in [-0.3, -0.25) is 14.6 Å². The van der Waals surface area contributed by atoms with E-state index < -0.39 is 5.92 Å². The SMILES string of the molecule is CCc1ccc(N2CC(C(=O)OCc3ccccn3)CC2=O)cc1. The maximum Gasteiger partial charge on any atom is 0.311 e. The van der Waals surface area contributed by atoms with Crippen molar-refractivity contribution in [2.24, 2.45) is 5.92 Å². The topological polar surface area (TPSA) is 59.5 Å². The summed E-state index contributed by atoms with van der Waals surface area (Å²) >= 11 is 0. The normalized spacial score (nSPS) is 17.1. The molecule has 0 spiro atoms. The van der Waals surface area contributed by atoms with Crippen LogP contribution in [-0.2, 0) is 27.4 Å². The van der Waals surface area contributed by atoms with Crippen LogP contribution in [0.5, 0.6) is 0 Å². The third-order valence-corrected chi connectivity index (χ3v) is 4.20. The van der Waals surface area contributed by atoms with Crippen LogP contribution in [0.25, 0.3) is 0 Å². The van der Waals surface area contributed by atoms with Crippen molar-refractivity contribution in [2.75, 3.05) is 11.4 Å². The zero-order valence-corrected chi connectivity index (χ0v) is 13.6. The van der Waals surface area contributed by atoms with E-state index in [0.29, 0.717) is 12.2 Å². The highest BCUT2D eigenvalue weighted by Gasteiger charge is 2.36. The van der Waals surface area contributed by atoms with Crippen molar-refractivity contribution in [2.45, 2.75) is 26.4 Å². The van der Waals surface area contributed by atoms with Crippen LogP contribution in [-0.4, -0.2) is 23.4 Å². The fourth-order valence-electron chi connectivity index (χ4n) is 2.77. The lowest BCUT2D eigenvalue weighted by atomic mass is 10.1. The highest BCUT2D eigenvalue weighted by molar-refractivity contribution is 5.99. The fraction of sp³-hybridized carbons (Fsp3) is 0.316. The van der Waals surface area contributed by atoms with Gasteiger partial charge in [-0.15, -0.1) is 0 Å². The lowest BCUT2D eigenvalue weighted by Gasteiger charge is -2.17. The third kappa shape index (κ3) is 3.62. The average molecular weight is 324 g/mol. The summed E-state index contributed by atoms with van der Waals surface area (Å²) in [6.07, 6.45) is 2.80. The first-order valence-electron chi connectivity index (χ1n) is 8.13. The summed E-state index contributed by atoms with van der Waals surface area (Å²) in [4.78, 5) is 30.2. The summed E-state index contributed by atoms with van der Waals surface area (Å²) in [5.41, 5.74) is 2.75. The summed E-state index contributed by atoms with van der Waals surface area (Å²) in [5.74, 6) is -0.812. The van der Waals surface area contributed by atoms with E-state index in [1.54, 1.807) is 17.2 Å². The fourth-order valence-corrected chi connectivity index (χ4v) is 2.77. The van der Waals surface area contributed by atoms with Gasteiger partial charge in [0.05, 0.1) is 11.6 Å². The van der Waals surface area contributed by atoms with Crippen LogP contribution < -0.4 is 4.90 Å². The molecule has 3 rings (SSSR count). The van der Waals surface area contributed by atoms with Gasteiger partial charge in [-0.25, -0.2) is 0 Å². The Morgan fingerprint density at radius 1 is 1.25 bits per heavy atom. The summed E-state index contributed by atoms with van der Waals surface area (Å²) in [7, 11) is 0. The van der Waals surface area contributed by atoms with Gasteiger partial charge in [-0.05, 0) is 36.2 Å². The second-order valence-corrected chi connectivity index (χ2v) is 5.85. The molecule has 1 aliphatic rings. The van der Waals surface area contributed by atoms with Crippen LogP contribution in [0.1, 0.15) is 24.6 Å². The molecule has 1 unspecified atom stereocenters. The molecular formula is C19H20N2O3. The van der Waals surface area contributed by atoms with Gasteiger partial charge in [-0.2, -0.15) is 0 Å². The van der Waals surface area contributed by atoms with Gasteiger partial charge in [-0.1, -0.05) is 25.1 Å². The Morgan fingerprint density at radius 2 is 2.04 bits per heavy atom. The number of aryl methyl sites for hydroxylation is 1. The minimum absolute atomic E-state index is 0.0426. The molecule has 2 aromatic rings. The summed E-state index contributed by atoms with van der Waals surface area (Å²) in [6, 6.07) is 13.3. The molecule has 1 saturated heterocycles. The van der Waals surface area contributed by atoms with Gasteiger partial charge in [0.25, 0.3) is 0 Å². The Hall–Kier alpha value is -2.69. The first-order chi connectivity index (χ1) is 11.7. The number of hydrogen-bond acceptors (Lipinski definition) is 4. The minimum atomic E-state index is -0.424. The molecule has 1 aromatic heterocycles. The number of aromatic nitrogens is 1. The van der Waals surface area contributed by atoms with E-state index in [0.717, 1.165) is 12.1 Å². The molecule has 1 fully saturated rings. The molecular weight excluding hydrogens is 304 g/mol. The molecule has 5 heteroatoms. The zero-order valence-electron chi connectivity index (χ0n) is 13.6. The highest BCUT2D eigenvalue weighted by atomic mass is 16.5. The van der Waals surface area contributed by atoms with Crippen molar-refractivity contribution in [3.05, 3.63) is 59.9 Å². The predicted octanol–water partition coefficient (Wildman–Crippen LogP) is 2.74. The van der Waals surface area contributed by atoms with E-state index in [9.17, 15) is 9.59 Å². The lowest BCUT2D eigenvalue weighted by Crippen LogP contribution is -2.26. The van der Waals surface area contributed by atoms with Crippen LogP contribution in [0.15, 0.2) is 48.7 Å². The number of anilines is 1. The Morgan fingerprint density at radius 3 is 2.71 bits per heavy atom. The van der Waals surface area contributed by atoms with E-state index in [-0.39, 0.29) is 24.9 Å². The highest BCUT2D eigenvalue weighted by Crippen LogP contribution is 2.26. The Bertz CT molecular complexity index is 713. The molecule has 0 radical (unpaired) electrons. The molecule has 0 bridgehead atoms. The number of hydrogen-bond donors (Lipinski definition) is 0. The van der Waals surface area contributed by atoms with E-state index in [1.165, 1.54) is 5.56 Å². The number of nitrogens with zero attached hydrogens (tertiary/aromatic N) is 2. The molecule has 0 aliphatic carbocycles. The number of ether oxygens (including phenoxy) is 1. The van der Waals surface area contributed by atoms with Crippen LogP contribution in [0.3, 0.4) is 0 Å². The lowest BCUT2D eigenvalue weighted by molar-refractivity contribution is -0.149. The maximum atomic E-state index is 12.2. The van der Waals surface area contributed by atoms with Crippen molar-refractivity contribution in [1.29, 1.82) is 0 Å². The molecule has 1 atom stereocenters. The van der Waals surface area contributed by atoms with E-state index >= 15 is 0 Å². The van der Waals surface area contributed by atoms with Crippen molar-refractivity contribution < 1.29 is 14.3 Å². The van der Waals surface area contributed by atoms with Gasteiger partial charge in [0.2, 0.25) is 5.91 Å². The average Bonchev–Trinajstić information content (AvgIpc) is 3.02. The van der Waals surface area contributed by atoms with Crippen LogP contribution in [0, 0.1) is 5.92 Å². The monoisotopic (exact) mass is 324 g/mol. The molecule has 0 saturated carbocycles. The van der Waals surface area contributed by atoms with E-state index in [1.807, 2.05) is 36.4 Å². The molecule has 124 valence electrons. The van der Waals surface area contributed by atoms with Crippen molar-refractivity contribution in [1.82, 2.24) is 4.98 Å². The van der Waals surface area contributed by atoms with Crippen molar-refractivity contribution in [3.63, 3.8) is 0 Å².